The second-order valence-electron chi connectivity index (χ2n) is 2.86. The monoisotopic (exact) mass is 180 g/mol. The maximum atomic E-state index is 10.7. The number of aryl methyl sites for hydroxylation is 1. The van der Waals surface area contributed by atoms with Gasteiger partial charge in [0.05, 0.1) is 0 Å². The average Bonchev–Trinajstić information content (AvgIpc) is 2.09. The normalized spacial score (nSPS) is 12.5. The van der Waals surface area contributed by atoms with E-state index in [2.05, 4.69) is 0 Å². The first kappa shape index (κ1) is 9.74. The van der Waals surface area contributed by atoms with Gasteiger partial charge in [0.2, 0.25) is 0 Å². The first-order valence-electron chi connectivity index (χ1n) is 3.97. The van der Waals surface area contributed by atoms with E-state index in [0.29, 0.717) is 5.56 Å². The van der Waals surface area contributed by atoms with Crippen LogP contribution in [-0.4, -0.2) is 18.2 Å². The minimum atomic E-state index is -0.966. The molecule has 0 radical (unpaired) electrons. The molecule has 0 fully saturated rings. The number of benzene rings is 1. The van der Waals surface area contributed by atoms with Crippen molar-refractivity contribution in [3.63, 3.8) is 0 Å². The molecule has 0 aliphatic rings. The predicted molar refractivity (Wildman–Crippen MR) is 48.6 cm³/mol. The topological polar surface area (TPSA) is 46.5 Å². The van der Waals surface area contributed by atoms with Gasteiger partial charge in [-0.3, -0.25) is 0 Å². The minimum Gasteiger partial charge on any atom is -0.479 e. The molecule has 0 aliphatic carbocycles. The van der Waals surface area contributed by atoms with Gasteiger partial charge in [-0.2, -0.15) is 0 Å². The van der Waals surface area contributed by atoms with Crippen molar-refractivity contribution in [2.45, 2.75) is 13.0 Å². The van der Waals surface area contributed by atoms with E-state index in [4.69, 9.17) is 9.84 Å². The first-order chi connectivity index (χ1) is 6.15. The summed E-state index contributed by atoms with van der Waals surface area (Å²) in [6.07, 6.45) is -0.861. The van der Waals surface area contributed by atoms with E-state index in [1.165, 1.54) is 7.11 Å². The van der Waals surface area contributed by atoms with Crippen molar-refractivity contribution >= 4 is 5.97 Å². The van der Waals surface area contributed by atoms with Crippen molar-refractivity contribution in [1.29, 1.82) is 0 Å². The highest BCUT2D eigenvalue weighted by Crippen LogP contribution is 2.16. The number of carboxylic acid groups (broad SMARTS) is 1. The number of ether oxygens (including phenoxy) is 1. The number of hydrogen-bond acceptors (Lipinski definition) is 2. The molecule has 0 saturated heterocycles. The summed E-state index contributed by atoms with van der Waals surface area (Å²) < 4.78 is 4.84. The van der Waals surface area contributed by atoms with Gasteiger partial charge in [-0.1, -0.05) is 29.8 Å². The Morgan fingerprint density at radius 2 is 1.92 bits per heavy atom. The third-order valence-corrected chi connectivity index (χ3v) is 1.84. The summed E-state index contributed by atoms with van der Waals surface area (Å²) in [6.45, 7) is 1.95. The van der Waals surface area contributed by atoms with Crippen LogP contribution in [0.15, 0.2) is 24.3 Å². The van der Waals surface area contributed by atoms with Crippen LogP contribution in [0.2, 0.25) is 0 Å². The zero-order valence-corrected chi connectivity index (χ0v) is 7.65. The summed E-state index contributed by atoms with van der Waals surface area (Å²) in [5, 5.41) is 8.77. The summed E-state index contributed by atoms with van der Waals surface area (Å²) in [5.74, 6) is -0.966. The van der Waals surface area contributed by atoms with Crippen LogP contribution in [-0.2, 0) is 9.53 Å². The van der Waals surface area contributed by atoms with Crippen LogP contribution in [0, 0.1) is 6.92 Å². The molecule has 0 aliphatic heterocycles. The van der Waals surface area contributed by atoms with Crippen molar-refractivity contribution in [3.8, 4) is 0 Å². The van der Waals surface area contributed by atoms with Crippen LogP contribution in [0.3, 0.4) is 0 Å². The maximum Gasteiger partial charge on any atom is 0.337 e. The molecule has 1 N–H and O–H groups in total. The lowest BCUT2D eigenvalue weighted by molar-refractivity contribution is -0.148. The van der Waals surface area contributed by atoms with Gasteiger partial charge in [-0.15, -0.1) is 0 Å². The van der Waals surface area contributed by atoms with Gasteiger partial charge in [0, 0.05) is 7.11 Å². The van der Waals surface area contributed by atoms with Crippen LogP contribution in [0.1, 0.15) is 17.2 Å². The third kappa shape index (κ3) is 2.29. The van der Waals surface area contributed by atoms with E-state index < -0.39 is 12.1 Å². The Morgan fingerprint density at radius 3 is 2.31 bits per heavy atom. The number of carbonyl (C=O) groups is 1. The van der Waals surface area contributed by atoms with Gasteiger partial charge < -0.3 is 9.84 Å². The molecule has 13 heavy (non-hydrogen) atoms. The van der Waals surface area contributed by atoms with E-state index in [9.17, 15) is 4.79 Å². The van der Waals surface area contributed by atoms with Crippen LogP contribution in [0.25, 0.3) is 0 Å². The summed E-state index contributed by atoms with van der Waals surface area (Å²) >= 11 is 0. The molecule has 0 heterocycles. The van der Waals surface area contributed by atoms with Gasteiger partial charge in [0.15, 0.2) is 6.10 Å². The first-order valence-corrected chi connectivity index (χ1v) is 3.97. The van der Waals surface area contributed by atoms with E-state index in [1.807, 2.05) is 19.1 Å². The Morgan fingerprint density at radius 1 is 1.38 bits per heavy atom. The summed E-state index contributed by atoms with van der Waals surface area (Å²) in [6, 6.07) is 7.25. The van der Waals surface area contributed by atoms with Crippen LogP contribution in [0.4, 0.5) is 0 Å². The third-order valence-electron chi connectivity index (χ3n) is 1.84. The second kappa shape index (κ2) is 4.05. The summed E-state index contributed by atoms with van der Waals surface area (Å²) in [5.41, 5.74) is 1.77. The van der Waals surface area contributed by atoms with Gasteiger partial charge in [0.1, 0.15) is 0 Å². The zero-order chi connectivity index (χ0) is 9.84. The Hall–Kier alpha value is -1.35. The fraction of sp³-hybridized carbons (Fsp3) is 0.300. The Balaban J connectivity index is 2.92. The standard InChI is InChI=1S/C10H12O3/c1-7-3-5-8(6-4-7)9(13-2)10(11)12/h3-6,9H,1-2H3,(H,11,12)/t9-/m0/s1. The van der Waals surface area contributed by atoms with Crippen molar-refractivity contribution < 1.29 is 14.6 Å². The molecular formula is C10H12O3. The Bertz CT molecular complexity index is 290. The maximum absolute atomic E-state index is 10.7. The van der Waals surface area contributed by atoms with Gasteiger partial charge in [-0.05, 0) is 12.5 Å². The highest BCUT2D eigenvalue weighted by Gasteiger charge is 2.17. The molecule has 1 aromatic carbocycles. The minimum absolute atomic E-state index is 0.667. The number of carboxylic acids is 1. The smallest absolute Gasteiger partial charge is 0.337 e. The number of hydrogen-bond donors (Lipinski definition) is 1. The van der Waals surface area contributed by atoms with Gasteiger partial charge >= 0.3 is 5.97 Å². The number of aliphatic carboxylic acids is 1. The summed E-state index contributed by atoms with van der Waals surface area (Å²) in [4.78, 5) is 10.7. The predicted octanol–water partition coefficient (Wildman–Crippen LogP) is 1.77. The lowest BCUT2D eigenvalue weighted by atomic mass is 10.1. The van der Waals surface area contributed by atoms with E-state index >= 15 is 0 Å². The molecule has 70 valence electrons. The lowest BCUT2D eigenvalue weighted by Gasteiger charge is -2.10. The van der Waals surface area contributed by atoms with Crippen LogP contribution in [0.5, 0.6) is 0 Å². The molecule has 3 nitrogen and oxygen atoms in total. The molecule has 0 aromatic heterocycles. The van der Waals surface area contributed by atoms with E-state index in [0.717, 1.165) is 5.56 Å². The van der Waals surface area contributed by atoms with E-state index in [-0.39, 0.29) is 0 Å². The molecule has 0 saturated carbocycles. The fourth-order valence-electron chi connectivity index (χ4n) is 1.12. The molecule has 0 spiro atoms. The van der Waals surface area contributed by atoms with Crippen molar-refractivity contribution in [3.05, 3.63) is 35.4 Å². The zero-order valence-electron chi connectivity index (χ0n) is 7.65. The lowest BCUT2D eigenvalue weighted by Crippen LogP contribution is -2.13. The van der Waals surface area contributed by atoms with E-state index in [1.54, 1.807) is 12.1 Å². The number of rotatable bonds is 3. The Labute approximate surface area is 77.0 Å². The molecule has 0 amide bonds. The van der Waals surface area contributed by atoms with Crippen LogP contribution >= 0.6 is 0 Å². The van der Waals surface area contributed by atoms with Crippen molar-refractivity contribution in [1.82, 2.24) is 0 Å². The Kier molecular flexibility index (Phi) is 3.03. The second-order valence-corrected chi connectivity index (χ2v) is 2.86. The molecule has 0 unspecified atom stereocenters. The van der Waals surface area contributed by atoms with Crippen LogP contribution < -0.4 is 0 Å². The van der Waals surface area contributed by atoms with Crippen molar-refractivity contribution in [2.75, 3.05) is 7.11 Å². The fourth-order valence-corrected chi connectivity index (χ4v) is 1.12. The molecule has 1 aromatic rings. The number of methoxy groups -OCH3 is 1. The molecule has 1 atom stereocenters. The SMILES string of the molecule is CO[C@H](C(=O)O)c1ccc(C)cc1. The van der Waals surface area contributed by atoms with Gasteiger partial charge in [0.25, 0.3) is 0 Å². The molecular weight excluding hydrogens is 168 g/mol. The van der Waals surface area contributed by atoms with Crippen molar-refractivity contribution in [2.24, 2.45) is 0 Å². The highest BCUT2D eigenvalue weighted by atomic mass is 16.5. The quantitative estimate of drug-likeness (QED) is 0.771. The highest BCUT2D eigenvalue weighted by molar-refractivity contribution is 5.74. The molecule has 0 bridgehead atoms. The largest absolute Gasteiger partial charge is 0.479 e. The van der Waals surface area contributed by atoms with Gasteiger partial charge in [-0.25, -0.2) is 4.79 Å². The average molecular weight is 180 g/mol. The molecule has 3 heteroatoms. The summed E-state index contributed by atoms with van der Waals surface area (Å²) in [7, 11) is 1.39. The molecule has 1 rings (SSSR count).